The fraction of sp³-hybridized carbons (Fsp3) is 1.00. The number of ether oxygens (including phenoxy) is 3. The topological polar surface area (TPSA) is 83.0 Å². The number of nitrogens with two attached hydrogens (primary N) is 2. The Bertz CT molecular complexity index is 144. The van der Waals surface area contributed by atoms with Crippen molar-refractivity contribution < 1.29 is 14.2 Å². The molecular weight excluding hydrogens is 222 g/mol. The summed E-state index contributed by atoms with van der Waals surface area (Å²) in [4.78, 5) is 2.20. The van der Waals surface area contributed by atoms with Crippen molar-refractivity contribution in [1.82, 2.24) is 4.90 Å². The molecule has 0 spiro atoms. The summed E-state index contributed by atoms with van der Waals surface area (Å²) in [6.07, 6.45) is 0. The molecule has 4 N–H and O–H groups in total. The average Bonchev–Trinajstić information content (AvgIpc) is 2.33. The van der Waals surface area contributed by atoms with Crippen molar-refractivity contribution in [2.45, 2.75) is 0 Å². The average molecular weight is 249 g/mol. The van der Waals surface area contributed by atoms with Gasteiger partial charge in [0.15, 0.2) is 0 Å². The van der Waals surface area contributed by atoms with Crippen LogP contribution in [0.1, 0.15) is 0 Å². The van der Waals surface area contributed by atoms with Crippen molar-refractivity contribution in [3.8, 4) is 0 Å². The normalized spacial score (nSPS) is 11.3. The summed E-state index contributed by atoms with van der Waals surface area (Å²) in [6.45, 7) is 7.06. The van der Waals surface area contributed by atoms with Gasteiger partial charge in [-0.1, -0.05) is 0 Å². The van der Waals surface area contributed by atoms with Gasteiger partial charge in [-0.3, -0.25) is 4.90 Å². The molecule has 0 saturated heterocycles. The lowest BCUT2D eigenvalue weighted by atomic mass is 10.4. The highest BCUT2D eigenvalue weighted by Gasteiger charge is 2.01. The Morgan fingerprint density at radius 3 is 1.82 bits per heavy atom. The fourth-order valence-corrected chi connectivity index (χ4v) is 1.36. The Hall–Kier alpha value is -0.240. The molecule has 0 aromatic heterocycles. The SMILES string of the molecule is COCCOCCOCCN(CCN)CCN. The second kappa shape index (κ2) is 13.8. The van der Waals surface area contributed by atoms with Gasteiger partial charge in [0.05, 0.1) is 33.0 Å². The molecule has 0 aliphatic carbocycles. The molecule has 0 aliphatic rings. The maximum absolute atomic E-state index is 5.50. The highest BCUT2D eigenvalue weighted by molar-refractivity contribution is 4.58. The summed E-state index contributed by atoms with van der Waals surface area (Å²) in [6, 6.07) is 0. The lowest BCUT2D eigenvalue weighted by molar-refractivity contribution is 0.0198. The molecule has 0 fully saturated rings. The molecule has 0 rings (SSSR count). The van der Waals surface area contributed by atoms with Crippen molar-refractivity contribution in [3.05, 3.63) is 0 Å². The zero-order chi connectivity index (χ0) is 12.8. The number of hydrogen-bond acceptors (Lipinski definition) is 6. The van der Waals surface area contributed by atoms with Crippen LogP contribution in [-0.4, -0.2) is 77.8 Å². The largest absolute Gasteiger partial charge is 0.382 e. The molecule has 0 amide bonds. The molecule has 0 aromatic carbocycles. The first-order valence-electron chi connectivity index (χ1n) is 6.12. The third-order valence-corrected chi connectivity index (χ3v) is 2.25. The van der Waals surface area contributed by atoms with Crippen LogP contribution in [0.2, 0.25) is 0 Å². The molecule has 17 heavy (non-hydrogen) atoms. The molecule has 104 valence electrons. The van der Waals surface area contributed by atoms with Crippen LogP contribution in [-0.2, 0) is 14.2 Å². The van der Waals surface area contributed by atoms with E-state index >= 15 is 0 Å². The first kappa shape index (κ1) is 16.8. The molecule has 0 bridgehead atoms. The predicted molar refractivity (Wildman–Crippen MR) is 68.1 cm³/mol. The highest BCUT2D eigenvalue weighted by Crippen LogP contribution is 1.87. The molecule has 0 aromatic rings. The van der Waals surface area contributed by atoms with Gasteiger partial charge in [-0.2, -0.15) is 0 Å². The van der Waals surface area contributed by atoms with Crippen molar-refractivity contribution >= 4 is 0 Å². The van der Waals surface area contributed by atoms with E-state index in [9.17, 15) is 0 Å². The van der Waals surface area contributed by atoms with Gasteiger partial charge in [-0.05, 0) is 0 Å². The van der Waals surface area contributed by atoms with Gasteiger partial charge in [-0.25, -0.2) is 0 Å². The Morgan fingerprint density at radius 2 is 1.29 bits per heavy atom. The first-order valence-corrected chi connectivity index (χ1v) is 6.12. The quantitative estimate of drug-likeness (QED) is 0.403. The van der Waals surface area contributed by atoms with Crippen LogP contribution in [0.25, 0.3) is 0 Å². The van der Waals surface area contributed by atoms with Gasteiger partial charge >= 0.3 is 0 Å². The van der Waals surface area contributed by atoms with Gasteiger partial charge < -0.3 is 25.7 Å². The van der Waals surface area contributed by atoms with Crippen molar-refractivity contribution in [3.63, 3.8) is 0 Å². The lowest BCUT2D eigenvalue weighted by Gasteiger charge is -2.20. The van der Waals surface area contributed by atoms with Crippen LogP contribution in [0, 0.1) is 0 Å². The van der Waals surface area contributed by atoms with Crippen molar-refractivity contribution in [2.75, 3.05) is 72.9 Å². The van der Waals surface area contributed by atoms with Gasteiger partial charge in [0.1, 0.15) is 0 Å². The molecule has 0 heterocycles. The van der Waals surface area contributed by atoms with E-state index < -0.39 is 0 Å². The van der Waals surface area contributed by atoms with Crippen LogP contribution in [0.4, 0.5) is 0 Å². The van der Waals surface area contributed by atoms with Crippen molar-refractivity contribution in [2.24, 2.45) is 11.5 Å². The third kappa shape index (κ3) is 12.0. The first-order chi connectivity index (χ1) is 8.35. The summed E-state index contributed by atoms with van der Waals surface area (Å²) in [5.74, 6) is 0. The van der Waals surface area contributed by atoms with Crippen LogP contribution in [0.3, 0.4) is 0 Å². The molecule has 0 unspecified atom stereocenters. The number of methoxy groups -OCH3 is 1. The van der Waals surface area contributed by atoms with E-state index in [2.05, 4.69) is 4.90 Å². The van der Waals surface area contributed by atoms with Crippen LogP contribution >= 0.6 is 0 Å². The molecule has 0 radical (unpaired) electrons. The maximum atomic E-state index is 5.50. The van der Waals surface area contributed by atoms with Crippen molar-refractivity contribution in [1.29, 1.82) is 0 Å². The molecule has 6 heteroatoms. The minimum Gasteiger partial charge on any atom is -0.382 e. The Kier molecular flexibility index (Phi) is 13.6. The smallest absolute Gasteiger partial charge is 0.0701 e. The second-order valence-corrected chi connectivity index (χ2v) is 3.64. The van der Waals surface area contributed by atoms with Crippen LogP contribution in [0.15, 0.2) is 0 Å². The Balaban J connectivity index is 3.23. The minimum atomic E-state index is 0.608. The molecular formula is C11H27N3O3. The zero-order valence-corrected chi connectivity index (χ0v) is 10.9. The molecule has 6 nitrogen and oxygen atoms in total. The zero-order valence-electron chi connectivity index (χ0n) is 10.9. The van der Waals surface area contributed by atoms with Crippen LogP contribution in [0.5, 0.6) is 0 Å². The van der Waals surface area contributed by atoms with E-state index in [0.29, 0.717) is 46.1 Å². The van der Waals surface area contributed by atoms with E-state index in [-0.39, 0.29) is 0 Å². The summed E-state index contributed by atoms with van der Waals surface area (Å²) >= 11 is 0. The van der Waals surface area contributed by atoms with E-state index in [1.807, 2.05) is 0 Å². The van der Waals surface area contributed by atoms with Gasteiger partial charge in [-0.15, -0.1) is 0 Å². The summed E-state index contributed by atoms with van der Waals surface area (Å²) in [5, 5.41) is 0. The summed E-state index contributed by atoms with van der Waals surface area (Å²) < 4.78 is 15.6. The maximum Gasteiger partial charge on any atom is 0.0701 e. The Labute approximate surface area is 104 Å². The number of hydrogen-bond donors (Lipinski definition) is 2. The van der Waals surface area contributed by atoms with Gasteiger partial charge in [0, 0.05) is 39.8 Å². The van der Waals surface area contributed by atoms with E-state index in [4.69, 9.17) is 25.7 Å². The van der Waals surface area contributed by atoms with Crippen LogP contribution < -0.4 is 11.5 Å². The Morgan fingerprint density at radius 1 is 0.765 bits per heavy atom. The number of nitrogens with zero attached hydrogens (tertiary/aromatic N) is 1. The van der Waals surface area contributed by atoms with E-state index in [1.54, 1.807) is 7.11 Å². The summed E-state index contributed by atoms with van der Waals surface area (Å²) in [7, 11) is 1.66. The molecule has 0 saturated carbocycles. The number of rotatable bonds is 13. The van der Waals surface area contributed by atoms with Gasteiger partial charge in [0.25, 0.3) is 0 Å². The monoisotopic (exact) mass is 249 g/mol. The minimum absolute atomic E-state index is 0.608. The van der Waals surface area contributed by atoms with Gasteiger partial charge in [0.2, 0.25) is 0 Å². The highest BCUT2D eigenvalue weighted by atomic mass is 16.5. The predicted octanol–water partition coefficient (Wildman–Crippen LogP) is -1.11. The lowest BCUT2D eigenvalue weighted by Crippen LogP contribution is -2.36. The molecule has 0 aliphatic heterocycles. The fourth-order valence-electron chi connectivity index (χ4n) is 1.36. The summed E-state index contributed by atoms with van der Waals surface area (Å²) in [5.41, 5.74) is 11.0. The third-order valence-electron chi connectivity index (χ3n) is 2.25. The van der Waals surface area contributed by atoms with E-state index in [1.165, 1.54) is 0 Å². The standard InChI is InChI=1S/C11H27N3O3/c1-15-8-9-17-11-10-16-7-6-14(4-2-12)5-3-13/h2-13H2,1H3. The van der Waals surface area contributed by atoms with E-state index in [0.717, 1.165) is 19.6 Å². The second-order valence-electron chi connectivity index (χ2n) is 3.64. The molecule has 0 atom stereocenters.